The summed E-state index contributed by atoms with van der Waals surface area (Å²) in [4.78, 5) is 38.0. The van der Waals surface area contributed by atoms with Crippen LogP contribution in [0.15, 0.2) is 47.4 Å². The zero-order chi connectivity index (χ0) is 25.4. The van der Waals surface area contributed by atoms with Crippen molar-refractivity contribution in [2.24, 2.45) is 0 Å². The van der Waals surface area contributed by atoms with E-state index in [4.69, 9.17) is 26.8 Å². The number of rotatable bonds is 11. The number of methoxy groups -OCH3 is 2. The van der Waals surface area contributed by atoms with Gasteiger partial charge >= 0.3 is 5.97 Å². The molecule has 1 heterocycles. The SMILES string of the molecule is COc1ccc(/C=C2\SC(=S)N(CCCCCC(=O)Nc3ccc(C(=O)O)cc3)C2=O)cc1OC. The number of benzene rings is 2. The first kappa shape index (κ1) is 26.2. The third-order valence-electron chi connectivity index (χ3n) is 5.28. The molecule has 0 aliphatic carbocycles. The molecule has 2 N–H and O–H groups in total. The molecule has 8 nitrogen and oxygen atoms in total. The second-order valence-corrected chi connectivity index (χ2v) is 9.36. The number of thioether (sulfide) groups is 1. The van der Waals surface area contributed by atoms with Crippen LogP contribution in [0.2, 0.25) is 0 Å². The van der Waals surface area contributed by atoms with Crippen LogP contribution in [0.3, 0.4) is 0 Å². The van der Waals surface area contributed by atoms with Crippen molar-refractivity contribution in [3.8, 4) is 11.5 Å². The second-order valence-electron chi connectivity index (χ2n) is 7.69. The van der Waals surface area contributed by atoms with Crippen LogP contribution in [-0.2, 0) is 9.59 Å². The summed E-state index contributed by atoms with van der Waals surface area (Å²) in [7, 11) is 3.12. The van der Waals surface area contributed by atoms with Gasteiger partial charge in [0.1, 0.15) is 4.32 Å². The minimum atomic E-state index is -1.01. The average Bonchev–Trinajstić information content (AvgIpc) is 3.11. The first-order chi connectivity index (χ1) is 16.8. The number of carboxylic acid groups (broad SMARTS) is 1. The fourth-order valence-corrected chi connectivity index (χ4v) is 4.75. The minimum absolute atomic E-state index is 0.127. The Bertz CT molecular complexity index is 1150. The monoisotopic (exact) mass is 514 g/mol. The molecule has 2 aromatic rings. The van der Waals surface area contributed by atoms with E-state index in [-0.39, 0.29) is 17.4 Å². The van der Waals surface area contributed by atoms with Gasteiger partial charge in [0, 0.05) is 18.7 Å². The number of aromatic carboxylic acids is 1. The zero-order valence-corrected chi connectivity index (χ0v) is 21.0. The van der Waals surface area contributed by atoms with Crippen molar-refractivity contribution in [2.45, 2.75) is 25.7 Å². The summed E-state index contributed by atoms with van der Waals surface area (Å²) in [6.45, 7) is 0.492. The first-order valence-electron chi connectivity index (χ1n) is 10.9. The number of carbonyl (C=O) groups excluding carboxylic acids is 2. The highest BCUT2D eigenvalue weighted by molar-refractivity contribution is 8.26. The maximum atomic E-state index is 12.8. The average molecular weight is 515 g/mol. The molecule has 1 saturated heterocycles. The molecule has 0 aromatic heterocycles. The number of thiocarbonyl (C=S) groups is 1. The molecule has 0 saturated carbocycles. The van der Waals surface area contributed by atoms with E-state index in [0.29, 0.717) is 45.8 Å². The van der Waals surface area contributed by atoms with Gasteiger partial charge in [-0.1, -0.05) is 36.5 Å². The van der Waals surface area contributed by atoms with Crippen molar-refractivity contribution in [3.63, 3.8) is 0 Å². The van der Waals surface area contributed by atoms with Gasteiger partial charge in [-0.15, -0.1) is 0 Å². The molecule has 2 amide bonds. The standard InChI is InChI=1S/C25H26N2O6S2/c1-32-19-12-7-16(14-20(19)33-2)15-21-23(29)27(25(34)35-21)13-5-3-4-6-22(28)26-18-10-8-17(9-11-18)24(30)31/h7-12,14-15H,3-6,13H2,1-2H3,(H,26,28)(H,30,31)/b21-15-. The molecule has 0 radical (unpaired) electrons. The van der Waals surface area contributed by atoms with Gasteiger partial charge in [0.2, 0.25) is 5.91 Å². The molecule has 0 spiro atoms. The van der Waals surface area contributed by atoms with Gasteiger partial charge in [0.15, 0.2) is 11.5 Å². The van der Waals surface area contributed by atoms with E-state index in [0.717, 1.165) is 18.4 Å². The summed E-state index contributed by atoms with van der Waals surface area (Å²) in [6.07, 6.45) is 4.26. The number of nitrogens with one attached hydrogen (secondary N) is 1. The lowest BCUT2D eigenvalue weighted by Gasteiger charge is -2.14. The number of carboxylic acids is 1. The lowest BCUT2D eigenvalue weighted by atomic mass is 10.1. The number of ether oxygens (including phenoxy) is 2. The molecular formula is C25H26N2O6S2. The van der Waals surface area contributed by atoms with Crippen LogP contribution in [0, 0.1) is 0 Å². The molecule has 3 rings (SSSR count). The third kappa shape index (κ3) is 7.06. The predicted molar refractivity (Wildman–Crippen MR) is 140 cm³/mol. The molecular weight excluding hydrogens is 488 g/mol. The topological polar surface area (TPSA) is 105 Å². The van der Waals surface area contributed by atoms with Crippen LogP contribution in [0.4, 0.5) is 5.69 Å². The molecule has 0 bridgehead atoms. The number of unbranched alkanes of at least 4 members (excludes halogenated alkanes) is 2. The van der Waals surface area contributed by atoms with Gasteiger partial charge in [-0.3, -0.25) is 14.5 Å². The van der Waals surface area contributed by atoms with Crippen LogP contribution in [0.1, 0.15) is 41.6 Å². The molecule has 0 atom stereocenters. The van der Waals surface area contributed by atoms with Gasteiger partial charge in [0.05, 0.1) is 24.7 Å². The van der Waals surface area contributed by atoms with Gasteiger partial charge in [-0.25, -0.2) is 4.79 Å². The summed E-state index contributed by atoms with van der Waals surface area (Å²) in [5.74, 6) is -0.0882. The molecule has 1 aliphatic rings. The molecule has 0 unspecified atom stereocenters. The Balaban J connectivity index is 1.44. The van der Waals surface area contributed by atoms with Crippen molar-refractivity contribution >= 4 is 57.8 Å². The highest BCUT2D eigenvalue weighted by Crippen LogP contribution is 2.34. The molecule has 1 fully saturated rings. The molecule has 10 heteroatoms. The Kier molecular flexibility index (Phi) is 9.27. The van der Waals surface area contributed by atoms with Crippen molar-refractivity contribution in [3.05, 3.63) is 58.5 Å². The van der Waals surface area contributed by atoms with E-state index in [1.807, 2.05) is 6.07 Å². The maximum absolute atomic E-state index is 12.8. The third-order valence-corrected chi connectivity index (χ3v) is 6.66. The van der Waals surface area contributed by atoms with Gasteiger partial charge in [0.25, 0.3) is 5.91 Å². The van der Waals surface area contributed by atoms with Crippen LogP contribution in [0.5, 0.6) is 11.5 Å². The predicted octanol–water partition coefficient (Wildman–Crippen LogP) is 4.80. The molecule has 2 aromatic carbocycles. The zero-order valence-electron chi connectivity index (χ0n) is 19.4. The van der Waals surface area contributed by atoms with Gasteiger partial charge < -0.3 is 19.9 Å². The minimum Gasteiger partial charge on any atom is -0.493 e. The Hall–Kier alpha value is -3.37. The lowest BCUT2D eigenvalue weighted by Crippen LogP contribution is -2.29. The Morgan fingerprint density at radius 3 is 2.43 bits per heavy atom. The summed E-state index contributed by atoms with van der Waals surface area (Å²) in [6, 6.07) is 11.4. The number of amides is 2. The van der Waals surface area contributed by atoms with E-state index in [1.54, 1.807) is 49.5 Å². The van der Waals surface area contributed by atoms with E-state index >= 15 is 0 Å². The Morgan fingerprint density at radius 2 is 1.77 bits per heavy atom. The lowest BCUT2D eigenvalue weighted by molar-refractivity contribution is -0.122. The Labute approximate surface area is 213 Å². The quantitative estimate of drug-likeness (QED) is 0.250. The fraction of sp³-hybridized carbons (Fsp3) is 0.280. The van der Waals surface area contributed by atoms with Crippen LogP contribution in [0.25, 0.3) is 6.08 Å². The van der Waals surface area contributed by atoms with Crippen LogP contribution < -0.4 is 14.8 Å². The van der Waals surface area contributed by atoms with Gasteiger partial charge in [-0.2, -0.15) is 0 Å². The maximum Gasteiger partial charge on any atom is 0.335 e. The van der Waals surface area contributed by atoms with Crippen LogP contribution in [-0.4, -0.2) is 52.9 Å². The number of carbonyl (C=O) groups is 3. The number of anilines is 1. The van der Waals surface area contributed by atoms with Crippen molar-refractivity contribution in [1.29, 1.82) is 0 Å². The van der Waals surface area contributed by atoms with Crippen molar-refractivity contribution in [2.75, 3.05) is 26.1 Å². The second kappa shape index (κ2) is 12.4. The smallest absolute Gasteiger partial charge is 0.335 e. The molecule has 184 valence electrons. The van der Waals surface area contributed by atoms with Crippen LogP contribution >= 0.6 is 24.0 Å². The number of nitrogens with zero attached hydrogens (tertiary/aromatic N) is 1. The molecule has 35 heavy (non-hydrogen) atoms. The largest absolute Gasteiger partial charge is 0.493 e. The van der Waals surface area contributed by atoms with Crippen molar-refractivity contribution < 1.29 is 29.0 Å². The highest BCUT2D eigenvalue weighted by Gasteiger charge is 2.31. The normalized spacial score (nSPS) is 14.3. The van der Waals surface area contributed by atoms with E-state index < -0.39 is 5.97 Å². The van der Waals surface area contributed by atoms with E-state index in [1.165, 1.54) is 23.9 Å². The summed E-state index contributed by atoms with van der Waals surface area (Å²) >= 11 is 6.67. The number of hydrogen-bond acceptors (Lipinski definition) is 7. The van der Waals surface area contributed by atoms with Gasteiger partial charge in [-0.05, 0) is 60.9 Å². The summed E-state index contributed by atoms with van der Waals surface area (Å²) < 4.78 is 11.1. The first-order valence-corrected chi connectivity index (χ1v) is 12.2. The molecule has 1 aliphatic heterocycles. The fourth-order valence-electron chi connectivity index (χ4n) is 3.44. The number of hydrogen-bond donors (Lipinski definition) is 2. The Morgan fingerprint density at radius 1 is 1.06 bits per heavy atom. The van der Waals surface area contributed by atoms with E-state index in [2.05, 4.69) is 5.32 Å². The highest BCUT2D eigenvalue weighted by atomic mass is 32.2. The summed E-state index contributed by atoms with van der Waals surface area (Å²) in [5, 5.41) is 11.7. The van der Waals surface area contributed by atoms with E-state index in [9.17, 15) is 14.4 Å². The van der Waals surface area contributed by atoms with Crippen molar-refractivity contribution in [1.82, 2.24) is 4.90 Å². The summed E-state index contributed by atoms with van der Waals surface area (Å²) in [5.41, 5.74) is 1.53.